The van der Waals surface area contributed by atoms with Gasteiger partial charge in [0.1, 0.15) is 6.54 Å². The normalized spacial score (nSPS) is 10.5. The predicted octanol–water partition coefficient (Wildman–Crippen LogP) is 3.26. The Balaban J connectivity index is 2.14. The van der Waals surface area contributed by atoms with Crippen LogP contribution < -0.4 is 5.32 Å². The molecule has 28 heavy (non-hydrogen) atoms. The number of benzene rings is 1. The third-order valence-electron chi connectivity index (χ3n) is 4.22. The molecule has 0 spiro atoms. The minimum absolute atomic E-state index is 0.0202. The number of rotatable bonds is 10. The highest BCUT2D eigenvalue weighted by Gasteiger charge is 2.21. The van der Waals surface area contributed by atoms with Gasteiger partial charge in [-0.25, -0.2) is 4.79 Å². The fourth-order valence-electron chi connectivity index (χ4n) is 2.77. The number of hydrogen-bond acceptors (Lipinski definition) is 4. The molecule has 0 atom stereocenters. The number of carbonyl (C=O) groups is 2. The van der Waals surface area contributed by atoms with Crippen molar-refractivity contribution in [2.24, 2.45) is 0 Å². The molecule has 1 N–H and O–H groups in total. The van der Waals surface area contributed by atoms with Crippen molar-refractivity contribution < 1.29 is 14.3 Å². The smallest absolute Gasteiger partial charge is 0.317 e. The molecule has 0 saturated carbocycles. The molecule has 1 aromatic heterocycles. The summed E-state index contributed by atoms with van der Waals surface area (Å²) in [6.07, 6.45) is 0. The van der Waals surface area contributed by atoms with Gasteiger partial charge in [0.25, 0.3) is 0 Å². The van der Waals surface area contributed by atoms with E-state index in [2.05, 4.69) is 24.4 Å². The first-order chi connectivity index (χ1) is 13.5. The number of amides is 3. The highest BCUT2D eigenvalue weighted by Crippen LogP contribution is 2.19. The van der Waals surface area contributed by atoms with Crippen molar-refractivity contribution in [2.45, 2.75) is 26.9 Å². The second kappa shape index (κ2) is 11.5. The van der Waals surface area contributed by atoms with E-state index >= 15 is 0 Å². The van der Waals surface area contributed by atoms with Crippen molar-refractivity contribution in [1.29, 1.82) is 0 Å². The minimum atomic E-state index is -0.250. The molecule has 0 bridgehead atoms. The average Bonchev–Trinajstić information content (AvgIpc) is 3.10. The van der Waals surface area contributed by atoms with E-state index in [1.165, 1.54) is 9.78 Å². The van der Waals surface area contributed by atoms with E-state index in [0.717, 1.165) is 10.4 Å². The van der Waals surface area contributed by atoms with Gasteiger partial charge in [-0.05, 0) is 31.5 Å². The van der Waals surface area contributed by atoms with Crippen LogP contribution in [0.25, 0.3) is 0 Å². The Hall–Kier alpha value is -2.38. The van der Waals surface area contributed by atoms with Crippen LogP contribution >= 0.6 is 11.3 Å². The molecular formula is C21H29N3O3S. The lowest BCUT2D eigenvalue weighted by Gasteiger charge is -2.27. The number of methoxy groups -OCH3 is 1. The van der Waals surface area contributed by atoms with Gasteiger partial charge in [0, 0.05) is 36.5 Å². The fraction of sp³-hybridized carbons (Fsp3) is 0.429. The summed E-state index contributed by atoms with van der Waals surface area (Å²) in [6, 6.07) is 13.8. The molecule has 0 aliphatic carbocycles. The third kappa shape index (κ3) is 6.98. The van der Waals surface area contributed by atoms with Gasteiger partial charge in [-0.15, -0.1) is 11.3 Å². The lowest BCUT2D eigenvalue weighted by Crippen LogP contribution is -2.47. The summed E-state index contributed by atoms with van der Waals surface area (Å²) in [5.41, 5.74) is 1.06. The second-order valence-electron chi connectivity index (χ2n) is 6.50. The summed E-state index contributed by atoms with van der Waals surface area (Å²) in [4.78, 5) is 31.1. The molecule has 3 amide bonds. The van der Waals surface area contributed by atoms with E-state index in [0.29, 0.717) is 32.8 Å². The van der Waals surface area contributed by atoms with Gasteiger partial charge >= 0.3 is 6.03 Å². The minimum Gasteiger partial charge on any atom is -0.383 e. The van der Waals surface area contributed by atoms with Crippen molar-refractivity contribution in [3.63, 3.8) is 0 Å². The molecular weight excluding hydrogens is 374 g/mol. The van der Waals surface area contributed by atoms with Crippen molar-refractivity contribution in [1.82, 2.24) is 15.1 Å². The maximum atomic E-state index is 13.1. The number of urea groups is 1. The molecule has 2 aromatic rings. The zero-order valence-corrected chi connectivity index (χ0v) is 17.6. The number of aryl methyl sites for hydroxylation is 1. The lowest BCUT2D eigenvalue weighted by molar-refractivity contribution is -0.133. The quantitative estimate of drug-likeness (QED) is 0.662. The monoisotopic (exact) mass is 403 g/mol. The molecule has 7 heteroatoms. The van der Waals surface area contributed by atoms with Gasteiger partial charge in [-0.1, -0.05) is 30.3 Å². The zero-order valence-electron chi connectivity index (χ0n) is 16.8. The Bertz CT molecular complexity index is 748. The maximum absolute atomic E-state index is 13.1. The van der Waals surface area contributed by atoms with Gasteiger partial charge in [-0.2, -0.15) is 0 Å². The zero-order chi connectivity index (χ0) is 20.4. The maximum Gasteiger partial charge on any atom is 0.317 e. The Kier molecular flexibility index (Phi) is 8.97. The third-order valence-corrected chi connectivity index (χ3v) is 5.20. The van der Waals surface area contributed by atoms with Crippen LogP contribution in [0.1, 0.15) is 22.2 Å². The van der Waals surface area contributed by atoms with Crippen LogP contribution in [0.2, 0.25) is 0 Å². The standard InChI is InChI=1S/C21H29N3O3S/c1-4-22-21(26)23(12-13-27-3)16-20(25)24(14-18-8-6-5-7-9-18)15-19-11-10-17(2)28-19/h5-11H,4,12-16H2,1-3H3,(H,22,26). The average molecular weight is 404 g/mol. The van der Waals surface area contributed by atoms with E-state index in [1.54, 1.807) is 23.3 Å². The summed E-state index contributed by atoms with van der Waals surface area (Å²) in [5, 5.41) is 2.76. The first-order valence-electron chi connectivity index (χ1n) is 9.42. The summed E-state index contributed by atoms with van der Waals surface area (Å²) in [6.45, 7) is 6.22. The number of carbonyl (C=O) groups excluding carboxylic acids is 2. The van der Waals surface area contributed by atoms with E-state index in [-0.39, 0.29) is 18.5 Å². The number of thiophene rings is 1. The number of nitrogens with zero attached hydrogens (tertiary/aromatic N) is 2. The largest absolute Gasteiger partial charge is 0.383 e. The molecule has 0 fully saturated rings. The molecule has 0 radical (unpaired) electrons. The van der Waals surface area contributed by atoms with Crippen LogP contribution in [-0.4, -0.2) is 55.1 Å². The molecule has 2 rings (SSSR count). The van der Waals surface area contributed by atoms with E-state index in [1.807, 2.05) is 37.3 Å². The van der Waals surface area contributed by atoms with Gasteiger partial charge in [0.2, 0.25) is 5.91 Å². The number of hydrogen-bond donors (Lipinski definition) is 1. The fourth-order valence-corrected chi connectivity index (χ4v) is 3.68. The van der Waals surface area contributed by atoms with Crippen LogP contribution in [0.15, 0.2) is 42.5 Å². The topological polar surface area (TPSA) is 61.9 Å². The first kappa shape index (κ1) is 21.9. The lowest BCUT2D eigenvalue weighted by atomic mass is 10.2. The van der Waals surface area contributed by atoms with E-state index in [9.17, 15) is 9.59 Å². The summed E-state index contributed by atoms with van der Waals surface area (Å²) in [5.74, 6) is -0.0859. The predicted molar refractivity (Wildman–Crippen MR) is 112 cm³/mol. The highest BCUT2D eigenvalue weighted by atomic mass is 32.1. The Morgan fingerprint density at radius 1 is 1.07 bits per heavy atom. The Labute approximate surface area is 171 Å². The van der Waals surface area contributed by atoms with Gasteiger partial charge in [0.15, 0.2) is 0 Å². The Morgan fingerprint density at radius 2 is 1.82 bits per heavy atom. The van der Waals surface area contributed by atoms with E-state index < -0.39 is 0 Å². The van der Waals surface area contributed by atoms with Gasteiger partial charge in [-0.3, -0.25) is 4.79 Å². The molecule has 0 aliphatic heterocycles. The van der Waals surface area contributed by atoms with E-state index in [4.69, 9.17) is 4.74 Å². The Morgan fingerprint density at radius 3 is 2.43 bits per heavy atom. The molecule has 1 aromatic carbocycles. The number of nitrogens with one attached hydrogen (secondary N) is 1. The molecule has 0 saturated heterocycles. The molecule has 6 nitrogen and oxygen atoms in total. The second-order valence-corrected chi connectivity index (χ2v) is 7.87. The van der Waals surface area contributed by atoms with Crippen LogP contribution in [0.4, 0.5) is 4.79 Å². The first-order valence-corrected chi connectivity index (χ1v) is 10.2. The highest BCUT2D eigenvalue weighted by molar-refractivity contribution is 7.11. The number of ether oxygens (including phenoxy) is 1. The molecule has 0 aliphatic rings. The summed E-state index contributed by atoms with van der Waals surface area (Å²) in [7, 11) is 1.58. The SMILES string of the molecule is CCNC(=O)N(CCOC)CC(=O)N(Cc1ccccc1)Cc1ccc(C)s1. The van der Waals surface area contributed by atoms with Crippen molar-refractivity contribution in [3.8, 4) is 0 Å². The van der Waals surface area contributed by atoms with Crippen LogP contribution in [0.3, 0.4) is 0 Å². The van der Waals surface area contributed by atoms with Crippen LogP contribution in [0, 0.1) is 6.92 Å². The van der Waals surface area contributed by atoms with Gasteiger partial charge in [0.05, 0.1) is 13.2 Å². The molecule has 1 heterocycles. The van der Waals surface area contributed by atoms with Crippen LogP contribution in [0.5, 0.6) is 0 Å². The van der Waals surface area contributed by atoms with Crippen LogP contribution in [-0.2, 0) is 22.6 Å². The summed E-state index contributed by atoms with van der Waals surface area (Å²) >= 11 is 1.68. The van der Waals surface area contributed by atoms with Crippen molar-refractivity contribution in [3.05, 3.63) is 57.8 Å². The molecule has 152 valence electrons. The van der Waals surface area contributed by atoms with Gasteiger partial charge < -0.3 is 19.9 Å². The van der Waals surface area contributed by atoms with Crippen molar-refractivity contribution in [2.75, 3.05) is 33.4 Å². The van der Waals surface area contributed by atoms with Crippen molar-refractivity contribution >= 4 is 23.3 Å². The summed E-state index contributed by atoms with van der Waals surface area (Å²) < 4.78 is 5.09. The molecule has 0 unspecified atom stereocenters.